The topological polar surface area (TPSA) is 26.7 Å². The summed E-state index contributed by atoms with van der Waals surface area (Å²) in [4.78, 5) is 5.14. The number of β-amino-alcohol motifs (C(OH)–C–C–N with tert-alkyl or cyclic N) is 1. The van der Waals surface area contributed by atoms with Gasteiger partial charge in [0.05, 0.1) is 5.60 Å². The Morgan fingerprint density at radius 2 is 1.61 bits per heavy atom. The van der Waals surface area contributed by atoms with Crippen molar-refractivity contribution in [2.24, 2.45) is 5.92 Å². The molecule has 0 unspecified atom stereocenters. The Morgan fingerprint density at radius 1 is 1.00 bits per heavy atom. The van der Waals surface area contributed by atoms with E-state index in [9.17, 15) is 5.11 Å². The van der Waals surface area contributed by atoms with E-state index in [1.165, 1.54) is 38.8 Å². The smallest absolute Gasteiger partial charge is 0.0774 e. The second-order valence-electron chi connectivity index (χ2n) is 6.95. The minimum absolute atomic E-state index is 0.381. The molecule has 0 aromatic carbocycles. The van der Waals surface area contributed by atoms with Gasteiger partial charge in [-0.05, 0) is 44.4 Å². The fourth-order valence-electron chi connectivity index (χ4n) is 3.60. The monoisotopic (exact) mass is 252 g/mol. The fourth-order valence-corrected chi connectivity index (χ4v) is 3.60. The molecule has 1 saturated heterocycles. The van der Waals surface area contributed by atoms with Crippen molar-refractivity contribution in [3.63, 3.8) is 0 Å². The Balaban J connectivity index is 1.45. The van der Waals surface area contributed by atoms with Gasteiger partial charge in [0.1, 0.15) is 0 Å². The second-order valence-corrected chi connectivity index (χ2v) is 6.95. The molecule has 1 aliphatic heterocycles. The number of hydrogen-bond donors (Lipinski definition) is 1. The van der Waals surface area contributed by atoms with E-state index in [1.807, 2.05) is 0 Å². The standard InChI is InChI=1S/C15H28N2O/c1-13-4-6-15(18,7-5-13)12-16-8-10-17(11-9-16)14-2-3-14/h13-14,18H,2-12H2,1H3. The van der Waals surface area contributed by atoms with Gasteiger partial charge < -0.3 is 5.11 Å². The molecular weight excluding hydrogens is 224 g/mol. The zero-order valence-corrected chi connectivity index (χ0v) is 11.8. The van der Waals surface area contributed by atoms with Gasteiger partial charge in [-0.15, -0.1) is 0 Å². The lowest BCUT2D eigenvalue weighted by Gasteiger charge is -2.42. The predicted octanol–water partition coefficient (Wildman–Crippen LogP) is 1.71. The maximum Gasteiger partial charge on any atom is 0.0774 e. The second kappa shape index (κ2) is 5.10. The van der Waals surface area contributed by atoms with Crippen LogP contribution in [0.1, 0.15) is 45.4 Å². The summed E-state index contributed by atoms with van der Waals surface area (Å²) in [5, 5.41) is 10.7. The third-order valence-electron chi connectivity index (χ3n) is 5.19. The Kier molecular flexibility index (Phi) is 3.65. The molecule has 0 aromatic heterocycles. The molecule has 1 N–H and O–H groups in total. The normalized spacial score (nSPS) is 40.0. The van der Waals surface area contributed by atoms with Gasteiger partial charge in [0.25, 0.3) is 0 Å². The molecule has 3 aliphatic rings. The van der Waals surface area contributed by atoms with E-state index in [2.05, 4.69) is 16.7 Å². The molecule has 2 aliphatic carbocycles. The van der Waals surface area contributed by atoms with Gasteiger partial charge in [0.15, 0.2) is 0 Å². The van der Waals surface area contributed by atoms with E-state index in [0.29, 0.717) is 0 Å². The maximum atomic E-state index is 10.7. The van der Waals surface area contributed by atoms with Crippen molar-refractivity contribution in [3.05, 3.63) is 0 Å². The number of rotatable bonds is 3. The van der Waals surface area contributed by atoms with E-state index in [-0.39, 0.29) is 5.60 Å². The minimum atomic E-state index is -0.381. The quantitative estimate of drug-likeness (QED) is 0.828. The van der Waals surface area contributed by atoms with Crippen LogP contribution in [-0.2, 0) is 0 Å². The van der Waals surface area contributed by atoms with Crippen LogP contribution in [0, 0.1) is 5.92 Å². The highest BCUT2D eigenvalue weighted by Crippen LogP contribution is 2.33. The summed E-state index contributed by atoms with van der Waals surface area (Å²) in [7, 11) is 0. The van der Waals surface area contributed by atoms with Gasteiger partial charge in [-0.3, -0.25) is 9.80 Å². The largest absolute Gasteiger partial charge is 0.389 e. The molecular formula is C15H28N2O. The van der Waals surface area contributed by atoms with Crippen LogP contribution < -0.4 is 0 Å². The van der Waals surface area contributed by atoms with Crippen molar-refractivity contribution >= 4 is 0 Å². The molecule has 0 spiro atoms. The third kappa shape index (κ3) is 3.06. The summed E-state index contributed by atoms with van der Waals surface area (Å²) in [5.41, 5.74) is -0.381. The van der Waals surface area contributed by atoms with Crippen LogP contribution in [0.3, 0.4) is 0 Å². The molecule has 0 radical (unpaired) electrons. The summed E-state index contributed by atoms with van der Waals surface area (Å²) >= 11 is 0. The molecule has 3 fully saturated rings. The minimum Gasteiger partial charge on any atom is -0.389 e. The lowest BCUT2D eigenvalue weighted by Crippen LogP contribution is -2.53. The molecule has 18 heavy (non-hydrogen) atoms. The first-order chi connectivity index (χ1) is 8.65. The molecule has 2 saturated carbocycles. The van der Waals surface area contributed by atoms with Crippen molar-refractivity contribution < 1.29 is 5.11 Å². The van der Waals surface area contributed by atoms with Gasteiger partial charge in [-0.25, -0.2) is 0 Å². The van der Waals surface area contributed by atoms with Crippen molar-refractivity contribution in [3.8, 4) is 0 Å². The summed E-state index contributed by atoms with van der Waals surface area (Å²) in [5.74, 6) is 0.817. The van der Waals surface area contributed by atoms with Crippen LogP contribution in [0.25, 0.3) is 0 Å². The Morgan fingerprint density at radius 3 is 2.17 bits per heavy atom. The maximum absolute atomic E-state index is 10.7. The van der Waals surface area contributed by atoms with E-state index < -0.39 is 0 Å². The highest BCUT2D eigenvalue weighted by Gasteiger charge is 2.36. The van der Waals surface area contributed by atoms with E-state index in [1.54, 1.807) is 0 Å². The Hall–Kier alpha value is -0.120. The Labute approximate surface area is 111 Å². The molecule has 0 aromatic rings. The first-order valence-electron chi connectivity index (χ1n) is 7.83. The molecule has 3 rings (SSSR count). The zero-order valence-electron chi connectivity index (χ0n) is 11.8. The van der Waals surface area contributed by atoms with Crippen molar-refractivity contribution in [2.45, 2.75) is 57.1 Å². The summed E-state index contributed by atoms with van der Waals surface area (Å²) < 4.78 is 0. The molecule has 0 bridgehead atoms. The lowest BCUT2D eigenvalue weighted by atomic mass is 9.79. The van der Waals surface area contributed by atoms with Gasteiger partial charge in [-0.2, -0.15) is 0 Å². The zero-order chi connectivity index (χ0) is 12.6. The lowest BCUT2D eigenvalue weighted by molar-refractivity contribution is -0.0437. The fraction of sp³-hybridized carbons (Fsp3) is 1.00. The summed E-state index contributed by atoms with van der Waals surface area (Å²) in [6, 6.07) is 0.908. The molecule has 3 heteroatoms. The van der Waals surface area contributed by atoms with Crippen LogP contribution in [0.4, 0.5) is 0 Å². The van der Waals surface area contributed by atoms with E-state index in [4.69, 9.17) is 0 Å². The van der Waals surface area contributed by atoms with E-state index in [0.717, 1.165) is 44.4 Å². The van der Waals surface area contributed by atoms with E-state index >= 15 is 0 Å². The summed E-state index contributed by atoms with van der Waals surface area (Å²) in [6.07, 6.45) is 7.27. The van der Waals surface area contributed by atoms with Crippen LogP contribution >= 0.6 is 0 Å². The average Bonchev–Trinajstić information content (AvgIpc) is 3.19. The molecule has 0 amide bonds. The van der Waals surface area contributed by atoms with Gasteiger partial charge >= 0.3 is 0 Å². The Bertz CT molecular complexity index is 274. The summed E-state index contributed by atoms with van der Waals surface area (Å²) in [6.45, 7) is 7.99. The average molecular weight is 252 g/mol. The van der Waals surface area contributed by atoms with Gasteiger partial charge in [-0.1, -0.05) is 6.92 Å². The molecule has 1 heterocycles. The number of piperazine rings is 1. The SMILES string of the molecule is CC1CCC(O)(CN2CCN(C3CC3)CC2)CC1. The van der Waals surface area contributed by atoms with Crippen molar-refractivity contribution in [1.29, 1.82) is 0 Å². The highest BCUT2D eigenvalue weighted by atomic mass is 16.3. The number of hydrogen-bond acceptors (Lipinski definition) is 3. The molecule has 3 nitrogen and oxygen atoms in total. The highest BCUT2D eigenvalue weighted by molar-refractivity contribution is 4.91. The third-order valence-corrected chi connectivity index (χ3v) is 5.19. The first kappa shape index (κ1) is 12.9. The van der Waals surface area contributed by atoms with Crippen LogP contribution in [0.2, 0.25) is 0 Å². The number of aliphatic hydroxyl groups is 1. The van der Waals surface area contributed by atoms with Crippen LogP contribution in [0.15, 0.2) is 0 Å². The molecule has 104 valence electrons. The van der Waals surface area contributed by atoms with Crippen LogP contribution in [-0.4, -0.2) is 59.3 Å². The van der Waals surface area contributed by atoms with Gasteiger partial charge in [0.2, 0.25) is 0 Å². The van der Waals surface area contributed by atoms with Gasteiger partial charge in [0, 0.05) is 38.8 Å². The predicted molar refractivity (Wildman–Crippen MR) is 73.6 cm³/mol. The van der Waals surface area contributed by atoms with Crippen molar-refractivity contribution in [1.82, 2.24) is 9.80 Å². The van der Waals surface area contributed by atoms with Crippen LogP contribution in [0.5, 0.6) is 0 Å². The molecule has 0 atom stereocenters. The first-order valence-corrected chi connectivity index (χ1v) is 7.83. The number of nitrogens with zero attached hydrogens (tertiary/aromatic N) is 2. The van der Waals surface area contributed by atoms with Crippen molar-refractivity contribution in [2.75, 3.05) is 32.7 Å².